The average Bonchev–Trinajstić information content (AvgIpc) is 3.06. The predicted octanol–water partition coefficient (Wildman–Crippen LogP) is 2.95. The molecule has 2 aromatic rings. The highest BCUT2D eigenvalue weighted by molar-refractivity contribution is 6.44. The molecule has 1 aromatic heterocycles. The molecule has 1 aliphatic heterocycles. The Bertz CT molecular complexity index is 882. The number of likely N-dealkylation sites (N-methyl/N-ethyl adjacent to an activating group) is 1. The van der Waals surface area contributed by atoms with E-state index in [0.717, 1.165) is 23.7 Å². The zero-order chi connectivity index (χ0) is 20.3. The summed E-state index contributed by atoms with van der Waals surface area (Å²) in [6, 6.07) is 7.45. The first-order valence-corrected chi connectivity index (χ1v) is 10.2. The van der Waals surface area contributed by atoms with Gasteiger partial charge in [-0.1, -0.05) is 25.1 Å². The highest BCUT2D eigenvalue weighted by Gasteiger charge is 2.29. The van der Waals surface area contributed by atoms with Gasteiger partial charge < -0.3 is 14.4 Å². The Kier molecular flexibility index (Phi) is 6.17. The quantitative estimate of drug-likeness (QED) is 0.569. The summed E-state index contributed by atoms with van der Waals surface area (Å²) >= 11 is 0. The maximum atomic E-state index is 13.0. The zero-order valence-electron chi connectivity index (χ0n) is 17.0. The number of carbonyl (C=O) groups is 3. The second-order valence-corrected chi connectivity index (χ2v) is 7.58. The Hall–Kier alpha value is -2.63. The van der Waals surface area contributed by atoms with E-state index in [1.165, 1.54) is 0 Å². The van der Waals surface area contributed by atoms with Crippen molar-refractivity contribution < 1.29 is 14.4 Å². The van der Waals surface area contributed by atoms with Crippen molar-refractivity contribution in [2.75, 3.05) is 26.2 Å². The maximum absolute atomic E-state index is 13.0. The number of nitrogens with zero attached hydrogens (tertiary/aromatic N) is 3. The van der Waals surface area contributed by atoms with E-state index in [1.54, 1.807) is 20.6 Å². The van der Waals surface area contributed by atoms with Crippen molar-refractivity contribution in [1.29, 1.82) is 0 Å². The third-order valence-electron chi connectivity index (χ3n) is 5.59. The van der Waals surface area contributed by atoms with Crippen LogP contribution in [0.5, 0.6) is 0 Å². The summed E-state index contributed by atoms with van der Waals surface area (Å²) in [5.41, 5.74) is 1.18. The van der Waals surface area contributed by atoms with E-state index in [-0.39, 0.29) is 12.5 Å². The van der Waals surface area contributed by atoms with E-state index in [4.69, 9.17) is 0 Å². The summed E-state index contributed by atoms with van der Waals surface area (Å²) in [6.07, 6.45) is 3.69. The SMILES string of the molecule is CCN(CC)C(=O)Cn1cc(C(=O)C(=O)N2CCC[C@@H](C)C2)c2ccccc21. The lowest BCUT2D eigenvalue weighted by molar-refractivity contribution is -0.131. The number of likely N-dealkylation sites (tertiary alicyclic amines) is 1. The number of para-hydroxylation sites is 1. The van der Waals surface area contributed by atoms with Gasteiger partial charge in [0.25, 0.3) is 11.7 Å². The molecule has 0 aliphatic carbocycles. The Balaban J connectivity index is 1.90. The highest BCUT2D eigenvalue weighted by Crippen LogP contribution is 2.24. The van der Waals surface area contributed by atoms with Crippen molar-refractivity contribution in [3.05, 3.63) is 36.0 Å². The van der Waals surface area contributed by atoms with Crippen LogP contribution in [0.25, 0.3) is 10.9 Å². The van der Waals surface area contributed by atoms with Gasteiger partial charge in [0.15, 0.2) is 0 Å². The van der Waals surface area contributed by atoms with Crippen LogP contribution >= 0.6 is 0 Å². The molecule has 1 fully saturated rings. The van der Waals surface area contributed by atoms with Crippen molar-refractivity contribution in [3.8, 4) is 0 Å². The number of amides is 2. The second kappa shape index (κ2) is 8.59. The van der Waals surface area contributed by atoms with E-state index in [1.807, 2.05) is 38.1 Å². The van der Waals surface area contributed by atoms with E-state index in [2.05, 4.69) is 6.92 Å². The Morgan fingerprint density at radius 3 is 2.54 bits per heavy atom. The van der Waals surface area contributed by atoms with E-state index in [9.17, 15) is 14.4 Å². The van der Waals surface area contributed by atoms with Crippen LogP contribution in [0, 0.1) is 5.92 Å². The van der Waals surface area contributed by atoms with Gasteiger partial charge in [-0.15, -0.1) is 0 Å². The first-order valence-electron chi connectivity index (χ1n) is 10.2. The molecule has 150 valence electrons. The van der Waals surface area contributed by atoms with Gasteiger partial charge >= 0.3 is 0 Å². The van der Waals surface area contributed by atoms with Crippen LogP contribution in [0.4, 0.5) is 0 Å². The number of aromatic nitrogens is 1. The van der Waals surface area contributed by atoms with Crippen molar-refractivity contribution in [3.63, 3.8) is 0 Å². The maximum Gasteiger partial charge on any atom is 0.295 e. The topological polar surface area (TPSA) is 62.6 Å². The van der Waals surface area contributed by atoms with Gasteiger partial charge in [0.2, 0.25) is 5.91 Å². The molecule has 1 aromatic carbocycles. The zero-order valence-corrected chi connectivity index (χ0v) is 17.0. The molecule has 3 rings (SSSR count). The third-order valence-corrected chi connectivity index (χ3v) is 5.59. The smallest absolute Gasteiger partial charge is 0.295 e. The third kappa shape index (κ3) is 3.96. The Morgan fingerprint density at radius 2 is 1.86 bits per heavy atom. The number of rotatable bonds is 6. The minimum absolute atomic E-state index is 0.000865. The molecule has 1 saturated heterocycles. The summed E-state index contributed by atoms with van der Waals surface area (Å²) in [7, 11) is 0. The van der Waals surface area contributed by atoms with Gasteiger partial charge in [0, 0.05) is 43.3 Å². The number of carbonyl (C=O) groups excluding carboxylic acids is 3. The van der Waals surface area contributed by atoms with Gasteiger partial charge in [-0.3, -0.25) is 14.4 Å². The summed E-state index contributed by atoms with van der Waals surface area (Å²) in [5.74, 6) is -0.511. The average molecular weight is 383 g/mol. The van der Waals surface area contributed by atoms with Crippen LogP contribution < -0.4 is 0 Å². The summed E-state index contributed by atoms with van der Waals surface area (Å²) in [4.78, 5) is 41.8. The number of fused-ring (bicyclic) bond motifs is 1. The van der Waals surface area contributed by atoms with E-state index in [0.29, 0.717) is 37.7 Å². The fourth-order valence-electron chi connectivity index (χ4n) is 4.01. The van der Waals surface area contributed by atoms with Gasteiger partial charge in [-0.05, 0) is 38.7 Å². The number of benzene rings is 1. The summed E-state index contributed by atoms with van der Waals surface area (Å²) in [6.45, 7) is 8.71. The Morgan fingerprint density at radius 1 is 1.14 bits per heavy atom. The molecule has 0 spiro atoms. The normalized spacial score (nSPS) is 17.0. The number of piperidine rings is 1. The first-order chi connectivity index (χ1) is 13.5. The van der Waals surface area contributed by atoms with Gasteiger partial charge in [0.1, 0.15) is 6.54 Å². The van der Waals surface area contributed by atoms with Crippen LogP contribution in [-0.4, -0.2) is 58.1 Å². The van der Waals surface area contributed by atoms with Crippen LogP contribution in [0.2, 0.25) is 0 Å². The van der Waals surface area contributed by atoms with Crippen LogP contribution in [-0.2, 0) is 16.1 Å². The minimum atomic E-state index is -0.487. The van der Waals surface area contributed by atoms with Gasteiger partial charge in [0.05, 0.1) is 5.56 Å². The molecule has 2 heterocycles. The molecular weight excluding hydrogens is 354 g/mol. The van der Waals surface area contributed by atoms with Crippen LogP contribution in [0.15, 0.2) is 30.5 Å². The molecule has 0 N–H and O–H groups in total. The second-order valence-electron chi connectivity index (χ2n) is 7.58. The number of hydrogen-bond donors (Lipinski definition) is 0. The fourth-order valence-corrected chi connectivity index (χ4v) is 4.01. The Labute approximate surface area is 166 Å². The van der Waals surface area contributed by atoms with Crippen molar-refractivity contribution >= 4 is 28.5 Å². The fraction of sp³-hybridized carbons (Fsp3) is 0.500. The monoisotopic (exact) mass is 383 g/mol. The molecule has 1 atom stereocenters. The van der Waals surface area contributed by atoms with Gasteiger partial charge in [-0.2, -0.15) is 0 Å². The molecule has 0 saturated carbocycles. The minimum Gasteiger partial charge on any atom is -0.342 e. The summed E-state index contributed by atoms with van der Waals surface area (Å²) < 4.78 is 1.79. The molecular formula is C22H29N3O3. The molecule has 6 heteroatoms. The molecule has 1 aliphatic rings. The lowest BCUT2D eigenvalue weighted by Crippen LogP contribution is -2.42. The molecule has 0 unspecified atom stereocenters. The molecule has 0 bridgehead atoms. The number of Topliss-reactive ketones (excluding diaryl/α,β-unsaturated/α-hetero) is 1. The first kappa shape index (κ1) is 20.1. The molecule has 0 radical (unpaired) electrons. The summed E-state index contributed by atoms with van der Waals surface area (Å²) in [5, 5.41) is 0.721. The van der Waals surface area contributed by atoms with Crippen LogP contribution in [0.1, 0.15) is 44.0 Å². The van der Waals surface area contributed by atoms with Crippen molar-refractivity contribution in [2.45, 2.75) is 40.2 Å². The van der Waals surface area contributed by atoms with Gasteiger partial charge in [-0.25, -0.2) is 0 Å². The van der Waals surface area contributed by atoms with E-state index < -0.39 is 11.7 Å². The molecule has 28 heavy (non-hydrogen) atoms. The molecule has 2 amide bonds. The molecule has 6 nitrogen and oxygen atoms in total. The lowest BCUT2D eigenvalue weighted by atomic mass is 9.99. The predicted molar refractivity (Wildman–Crippen MR) is 109 cm³/mol. The van der Waals surface area contributed by atoms with Crippen molar-refractivity contribution in [1.82, 2.24) is 14.4 Å². The van der Waals surface area contributed by atoms with E-state index >= 15 is 0 Å². The lowest BCUT2D eigenvalue weighted by Gasteiger charge is -2.30. The number of ketones is 1. The largest absolute Gasteiger partial charge is 0.342 e. The highest BCUT2D eigenvalue weighted by atomic mass is 16.2. The standard InChI is InChI=1S/C22H29N3O3/c1-4-23(5-2)20(26)15-25-14-18(17-10-6-7-11-19(17)25)21(27)22(28)24-12-8-9-16(3)13-24/h6-7,10-11,14,16H,4-5,8-9,12-13,15H2,1-3H3/t16-/m1/s1. The van der Waals surface area contributed by atoms with Crippen molar-refractivity contribution in [2.24, 2.45) is 5.92 Å². The number of hydrogen-bond acceptors (Lipinski definition) is 3. The van der Waals surface area contributed by atoms with Crippen LogP contribution in [0.3, 0.4) is 0 Å².